The van der Waals surface area contributed by atoms with E-state index in [1.54, 1.807) is 24.3 Å². The molecule has 0 aromatic heterocycles. The number of hydrogen-bond acceptors (Lipinski definition) is 5. The van der Waals surface area contributed by atoms with Crippen molar-refractivity contribution in [1.82, 2.24) is 5.32 Å². The van der Waals surface area contributed by atoms with Gasteiger partial charge in [-0.3, -0.25) is 4.79 Å². The Kier molecular flexibility index (Phi) is 7.82. The molecule has 0 aliphatic carbocycles. The summed E-state index contributed by atoms with van der Waals surface area (Å²) in [5, 5.41) is 14.8. The van der Waals surface area contributed by atoms with Crippen LogP contribution in [0.1, 0.15) is 40.9 Å². The van der Waals surface area contributed by atoms with Crippen LogP contribution < -0.4 is 10.6 Å². The number of para-hydroxylation sites is 1. The van der Waals surface area contributed by atoms with Gasteiger partial charge in [0.2, 0.25) is 0 Å². The molecule has 27 heavy (non-hydrogen) atoms. The fraction of sp³-hybridized carbons (Fsp3) is 0.333. The average Bonchev–Trinajstić information content (AvgIpc) is 2.69. The number of nitrogens with one attached hydrogen (secondary N) is 2. The first-order valence-corrected chi connectivity index (χ1v) is 9.02. The number of esters is 1. The van der Waals surface area contributed by atoms with Crippen LogP contribution in [0.2, 0.25) is 0 Å². The number of rotatable bonds is 9. The van der Waals surface area contributed by atoms with Gasteiger partial charge in [0.1, 0.15) is 0 Å². The summed E-state index contributed by atoms with van der Waals surface area (Å²) in [6, 6.07) is 14.7. The Bertz CT molecular complexity index is 759. The van der Waals surface area contributed by atoms with Crippen LogP contribution in [0.25, 0.3) is 0 Å². The summed E-state index contributed by atoms with van der Waals surface area (Å²) in [7, 11) is 0. The zero-order valence-corrected chi connectivity index (χ0v) is 15.7. The predicted octanol–water partition coefficient (Wildman–Crippen LogP) is 2.82. The van der Waals surface area contributed by atoms with Crippen LogP contribution in [0, 0.1) is 6.92 Å². The van der Waals surface area contributed by atoms with Crippen molar-refractivity contribution in [3.8, 4) is 0 Å². The number of carbonyl (C=O) groups is 2. The SMILES string of the molecule is CC[C@H](NC(=O)COC(=O)c1ccccc1NCCO)c1ccc(C)cc1. The maximum atomic E-state index is 12.3. The van der Waals surface area contributed by atoms with Gasteiger partial charge >= 0.3 is 5.97 Å². The van der Waals surface area contributed by atoms with Crippen molar-refractivity contribution < 1.29 is 19.4 Å². The van der Waals surface area contributed by atoms with Gasteiger partial charge in [-0.15, -0.1) is 0 Å². The Hall–Kier alpha value is -2.86. The molecular weight excluding hydrogens is 344 g/mol. The monoisotopic (exact) mass is 370 g/mol. The fourth-order valence-corrected chi connectivity index (χ4v) is 2.67. The third-order valence-electron chi connectivity index (χ3n) is 4.13. The number of ether oxygens (including phenoxy) is 1. The van der Waals surface area contributed by atoms with Gasteiger partial charge in [0, 0.05) is 12.2 Å². The molecular formula is C21H26N2O4. The predicted molar refractivity (Wildman–Crippen MR) is 105 cm³/mol. The maximum absolute atomic E-state index is 12.3. The van der Waals surface area contributed by atoms with Gasteiger partial charge in [0.15, 0.2) is 6.61 Å². The summed E-state index contributed by atoms with van der Waals surface area (Å²) in [6.45, 7) is 3.91. The lowest BCUT2D eigenvalue weighted by Crippen LogP contribution is -2.32. The van der Waals surface area contributed by atoms with E-state index < -0.39 is 5.97 Å². The van der Waals surface area contributed by atoms with Crippen molar-refractivity contribution in [2.45, 2.75) is 26.3 Å². The molecule has 0 radical (unpaired) electrons. The van der Waals surface area contributed by atoms with Gasteiger partial charge in [-0.05, 0) is 31.0 Å². The summed E-state index contributed by atoms with van der Waals surface area (Å²) in [5.41, 5.74) is 3.05. The zero-order valence-electron chi connectivity index (χ0n) is 15.7. The van der Waals surface area contributed by atoms with Crippen LogP contribution in [0.4, 0.5) is 5.69 Å². The summed E-state index contributed by atoms with van der Waals surface area (Å²) < 4.78 is 5.16. The minimum absolute atomic E-state index is 0.0524. The van der Waals surface area contributed by atoms with E-state index in [1.165, 1.54) is 0 Å². The highest BCUT2D eigenvalue weighted by Gasteiger charge is 2.16. The molecule has 2 aromatic carbocycles. The molecule has 3 N–H and O–H groups in total. The summed E-state index contributed by atoms with van der Waals surface area (Å²) in [4.78, 5) is 24.5. The molecule has 0 saturated heterocycles. The zero-order chi connectivity index (χ0) is 19.6. The van der Waals surface area contributed by atoms with Gasteiger partial charge in [0.25, 0.3) is 5.91 Å². The lowest BCUT2D eigenvalue weighted by atomic mass is 10.0. The molecule has 0 aliphatic rings. The molecule has 0 bridgehead atoms. The highest BCUT2D eigenvalue weighted by molar-refractivity contribution is 5.96. The molecule has 0 fully saturated rings. The highest BCUT2D eigenvalue weighted by Crippen LogP contribution is 2.18. The van der Waals surface area contributed by atoms with E-state index in [2.05, 4.69) is 10.6 Å². The van der Waals surface area contributed by atoms with E-state index in [1.807, 2.05) is 38.1 Å². The number of hydrogen-bond donors (Lipinski definition) is 3. The van der Waals surface area contributed by atoms with Crippen molar-refractivity contribution in [1.29, 1.82) is 0 Å². The Labute approximate surface area is 159 Å². The quantitative estimate of drug-likeness (QED) is 0.591. The van der Waals surface area contributed by atoms with E-state index in [0.29, 0.717) is 17.8 Å². The van der Waals surface area contributed by atoms with Gasteiger partial charge in [-0.25, -0.2) is 4.79 Å². The Morgan fingerprint density at radius 1 is 1.11 bits per heavy atom. The first kappa shape index (κ1) is 20.5. The Morgan fingerprint density at radius 2 is 1.81 bits per heavy atom. The van der Waals surface area contributed by atoms with E-state index >= 15 is 0 Å². The van der Waals surface area contributed by atoms with E-state index in [9.17, 15) is 9.59 Å². The standard InChI is InChI=1S/C21H26N2O4/c1-3-18(16-10-8-15(2)9-11-16)23-20(25)14-27-21(26)17-6-4-5-7-19(17)22-12-13-24/h4-11,18,22,24H,3,12-14H2,1-2H3,(H,23,25)/t18-/m0/s1. The maximum Gasteiger partial charge on any atom is 0.340 e. The Balaban J connectivity index is 1.92. The molecule has 2 aromatic rings. The minimum atomic E-state index is -0.588. The second-order valence-corrected chi connectivity index (χ2v) is 6.21. The number of anilines is 1. The first-order valence-electron chi connectivity index (χ1n) is 9.02. The van der Waals surface area contributed by atoms with Crippen molar-refractivity contribution in [2.75, 3.05) is 25.1 Å². The van der Waals surface area contributed by atoms with Gasteiger partial charge in [0.05, 0.1) is 18.2 Å². The average molecular weight is 370 g/mol. The van der Waals surface area contributed by atoms with E-state index in [-0.39, 0.29) is 25.2 Å². The van der Waals surface area contributed by atoms with Crippen LogP contribution in [0.5, 0.6) is 0 Å². The van der Waals surface area contributed by atoms with Crippen LogP contribution in [-0.2, 0) is 9.53 Å². The van der Waals surface area contributed by atoms with Crippen LogP contribution in [-0.4, -0.2) is 36.7 Å². The molecule has 0 saturated carbocycles. The summed E-state index contributed by atoms with van der Waals surface area (Å²) in [6.07, 6.45) is 0.733. The number of carbonyl (C=O) groups excluding carboxylic acids is 2. The van der Waals surface area contributed by atoms with Crippen molar-refractivity contribution in [3.63, 3.8) is 0 Å². The second-order valence-electron chi connectivity index (χ2n) is 6.21. The fourth-order valence-electron chi connectivity index (χ4n) is 2.67. The molecule has 0 unspecified atom stereocenters. The first-order chi connectivity index (χ1) is 13.0. The number of aliphatic hydroxyl groups excluding tert-OH is 1. The van der Waals surface area contributed by atoms with Crippen molar-refractivity contribution in [3.05, 3.63) is 65.2 Å². The molecule has 1 amide bonds. The van der Waals surface area contributed by atoms with E-state index in [4.69, 9.17) is 9.84 Å². The number of aryl methyl sites for hydroxylation is 1. The van der Waals surface area contributed by atoms with Crippen LogP contribution in [0.3, 0.4) is 0 Å². The second kappa shape index (κ2) is 10.3. The number of benzene rings is 2. The summed E-state index contributed by atoms with van der Waals surface area (Å²) >= 11 is 0. The Morgan fingerprint density at radius 3 is 2.48 bits per heavy atom. The molecule has 6 nitrogen and oxygen atoms in total. The van der Waals surface area contributed by atoms with E-state index in [0.717, 1.165) is 17.5 Å². The molecule has 2 rings (SSSR count). The lowest BCUT2D eigenvalue weighted by molar-refractivity contribution is -0.125. The molecule has 0 aliphatic heterocycles. The van der Waals surface area contributed by atoms with Crippen molar-refractivity contribution in [2.24, 2.45) is 0 Å². The van der Waals surface area contributed by atoms with Crippen LogP contribution >= 0.6 is 0 Å². The smallest absolute Gasteiger partial charge is 0.340 e. The summed E-state index contributed by atoms with van der Waals surface area (Å²) in [5.74, 6) is -0.939. The minimum Gasteiger partial charge on any atom is -0.452 e. The molecule has 1 atom stereocenters. The van der Waals surface area contributed by atoms with Crippen LogP contribution in [0.15, 0.2) is 48.5 Å². The highest BCUT2D eigenvalue weighted by atomic mass is 16.5. The van der Waals surface area contributed by atoms with Gasteiger partial charge in [-0.2, -0.15) is 0 Å². The lowest BCUT2D eigenvalue weighted by Gasteiger charge is -2.18. The number of aliphatic hydroxyl groups is 1. The third kappa shape index (κ3) is 6.11. The number of amides is 1. The molecule has 0 heterocycles. The molecule has 6 heteroatoms. The van der Waals surface area contributed by atoms with Crippen molar-refractivity contribution >= 4 is 17.6 Å². The normalized spacial score (nSPS) is 11.5. The third-order valence-corrected chi connectivity index (χ3v) is 4.13. The molecule has 0 spiro atoms. The largest absolute Gasteiger partial charge is 0.452 e. The van der Waals surface area contributed by atoms with Gasteiger partial charge < -0.3 is 20.5 Å². The molecule has 144 valence electrons. The topological polar surface area (TPSA) is 87.7 Å². The van der Waals surface area contributed by atoms with Gasteiger partial charge in [-0.1, -0.05) is 48.9 Å².